The van der Waals surface area contributed by atoms with Gasteiger partial charge in [0.15, 0.2) is 0 Å². The predicted octanol–water partition coefficient (Wildman–Crippen LogP) is 4.86. The van der Waals surface area contributed by atoms with Crippen molar-refractivity contribution in [3.63, 3.8) is 0 Å². The molecule has 4 aromatic rings. The minimum Gasteiger partial charge on any atom is -0.478 e. The summed E-state index contributed by atoms with van der Waals surface area (Å²) in [5.74, 6) is -1.12. The lowest BCUT2D eigenvalue weighted by Gasteiger charge is -2.12. The second-order valence-corrected chi connectivity index (χ2v) is 5.69. The van der Waals surface area contributed by atoms with Gasteiger partial charge >= 0.3 is 5.97 Å². The molecule has 0 spiro atoms. The van der Waals surface area contributed by atoms with Gasteiger partial charge in [-0.2, -0.15) is 4.39 Å². The molecular weight excluding hydrogens is 335 g/mol. The molecule has 0 atom stereocenters. The van der Waals surface area contributed by atoms with E-state index in [0.717, 1.165) is 10.8 Å². The van der Waals surface area contributed by atoms with Gasteiger partial charge in [0, 0.05) is 11.6 Å². The summed E-state index contributed by atoms with van der Waals surface area (Å²) in [5.41, 5.74) is 0.541. The lowest BCUT2D eigenvalue weighted by Crippen LogP contribution is -2.01. The normalized spacial score (nSPS) is 10.8. The van der Waals surface area contributed by atoms with Crippen molar-refractivity contribution >= 4 is 16.7 Å². The minimum absolute atomic E-state index is 0.0592. The molecule has 0 aliphatic carbocycles. The van der Waals surface area contributed by atoms with Crippen molar-refractivity contribution in [3.05, 3.63) is 78.4 Å². The Kier molecular flexibility index (Phi) is 3.85. The average Bonchev–Trinajstić information content (AvgIpc) is 3.08. The van der Waals surface area contributed by atoms with Gasteiger partial charge in [-0.3, -0.25) is 5.10 Å². The van der Waals surface area contributed by atoms with Crippen LogP contribution in [-0.2, 0) is 0 Å². The Morgan fingerprint density at radius 3 is 2.62 bits per heavy atom. The van der Waals surface area contributed by atoms with E-state index in [1.165, 1.54) is 18.3 Å². The number of fused-ring (bicyclic) bond motifs is 1. The van der Waals surface area contributed by atoms with Gasteiger partial charge in [-0.05, 0) is 29.1 Å². The molecule has 1 heterocycles. The number of hydrogen-bond donors (Lipinski definition) is 2. The number of aromatic carboxylic acids is 1. The number of rotatable bonds is 4. The van der Waals surface area contributed by atoms with Gasteiger partial charge in [-0.15, -0.1) is 5.10 Å². The molecule has 1 aromatic heterocycles. The number of aromatic amines is 1. The lowest BCUT2D eigenvalue weighted by atomic mass is 10.0. The molecule has 5 nitrogen and oxygen atoms in total. The van der Waals surface area contributed by atoms with E-state index >= 15 is 0 Å². The van der Waals surface area contributed by atoms with Crippen LogP contribution in [0.2, 0.25) is 0 Å². The molecular formula is C20H13FN2O3. The standard InChI is InChI=1S/C20H13FN2O3/c21-19-16(11-22-23-19)13-8-9-18(15(10-13)20(24)25)26-17-7-3-5-12-4-1-2-6-14(12)17/h1-11H,(H,22,23)(H,24,25). The zero-order valence-corrected chi connectivity index (χ0v) is 13.4. The second kappa shape index (κ2) is 6.33. The highest BCUT2D eigenvalue weighted by Crippen LogP contribution is 2.34. The number of halogens is 1. The fourth-order valence-electron chi connectivity index (χ4n) is 2.83. The summed E-state index contributed by atoms with van der Waals surface area (Å²) in [6.07, 6.45) is 1.38. The van der Waals surface area contributed by atoms with E-state index in [1.54, 1.807) is 12.1 Å². The monoisotopic (exact) mass is 348 g/mol. The Morgan fingerprint density at radius 2 is 1.85 bits per heavy atom. The molecule has 0 saturated carbocycles. The molecule has 0 aliphatic heterocycles. The highest BCUT2D eigenvalue weighted by atomic mass is 19.1. The summed E-state index contributed by atoms with van der Waals surface area (Å²) in [7, 11) is 0. The number of benzene rings is 3. The van der Waals surface area contributed by atoms with Gasteiger partial charge in [-0.25, -0.2) is 4.79 Å². The number of aromatic nitrogens is 2. The highest BCUT2D eigenvalue weighted by Gasteiger charge is 2.17. The van der Waals surface area contributed by atoms with Gasteiger partial charge in [0.1, 0.15) is 17.1 Å². The molecule has 0 bridgehead atoms. The van der Waals surface area contributed by atoms with E-state index in [-0.39, 0.29) is 16.9 Å². The molecule has 0 saturated heterocycles. The van der Waals surface area contributed by atoms with Gasteiger partial charge in [0.05, 0.1) is 5.56 Å². The Bertz CT molecular complexity index is 1120. The number of carboxylic acids is 1. The van der Waals surface area contributed by atoms with Gasteiger partial charge < -0.3 is 9.84 Å². The van der Waals surface area contributed by atoms with Crippen LogP contribution in [0.5, 0.6) is 11.5 Å². The number of H-pyrrole nitrogens is 1. The highest BCUT2D eigenvalue weighted by molar-refractivity contribution is 5.93. The average molecular weight is 348 g/mol. The van der Waals surface area contributed by atoms with E-state index in [2.05, 4.69) is 10.2 Å². The SMILES string of the molecule is O=C(O)c1cc(-c2c[nH]nc2F)ccc1Oc1cccc2ccccc12. The van der Waals surface area contributed by atoms with E-state index in [4.69, 9.17) is 4.74 Å². The first kappa shape index (κ1) is 15.8. The summed E-state index contributed by atoms with van der Waals surface area (Å²) < 4.78 is 19.6. The molecule has 2 N–H and O–H groups in total. The van der Waals surface area contributed by atoms with Crippen molar-refractivity contribution in [3.8, 4) is 22.6 Å². The maximum Gasteiger partial charge on any atom is 0.339 e. The van der Waals surface area contributed by atoms with Gasteiger partial charge in [-0.1, -0.05) is 42.5 Å². The van der Waals surface area contributed by atoms with Crippen LogP contribution < -0.4 is 4.74 Å². The van der Waals surface area contributed by atoms with Crippen LogP contribution in [0.3, 0.4) is 0 Å². The van der Waals surface area contributed by atoms with Crippen molar-refractivity contribution in [1.82, 2.24) is 10.2 Å². The van der Waals surface area contributed by atoms with Crippen LogP contribution in [0.25, 0.3) is 21.9 Å². The molecule has 6 heteroatoms. The summed E-state index contributed by atoms with van der Waals surface area (Å²) >= 11 is 0. The van der Waals surface area contributed by atoms with E-state index in [9.17, 15) is 14.3 Å². The topological polar surface area (TPSA) is 75.2 Å². The number of nitrogens with one attached hydrogen (secondary N) is 1. The minimum atomic E-state index is -1.16. The fraction of sp³-hybridized carbons (Fsp3) is 0. The summed E-state index contributed by atoms with van der Waals surface area (Å²) in [6.45, 7) is 0. The summed E-state index contributed by atoms with van der Waals surface area (Å²) in [4.78, 5) is 11.7. The van der Waals surface area contributed by atoms with Crippen LogP contribution in [0, 0.1) is 5.95 Å². The Balaban J connectivity index is 1.79. The summed E-state index contributed by atoms with van der Waals surface area (Å²) in [5, 5.41) is 17.2. The quantitative estimate of drug-likeness (QED) is 0.552. The lowest BCUT2D eigenvalue weighted by molar-refractivity contribution is 0.0694. The van der Waals surface area contributed by atoms with E-state index in [1.807, 2.05) is 36.4 Å². The molecule has 128 valence electrons. The van der Waals surface area contributed by atoms with Crippen LogP contribution in [-0.4, -0.2) is 21.3 Å². The third-order valence-corrected chi connectivity index (χ3v) is 4.08. The van der Waals surface area contributed by atoms with Crippen molar-refractivity contribution < 1.29 is 19.0 Å². The molecule has 0 aliphatic rings. The Hall–Kier alpha value is -3.67. The number of carboxylic acid groups (broad SMARTS) is 1. The maximum atomic E-state index is 13.7. The molecule has 4 rings (SSSR count). The van der Waals surface area contributed by atoms with Crippen molar-refractivity contribution in [2.24, 2.45) is 0 Å². The second-order valence-electron chi connectivity index (χ2n) is 5.69. The van der Waals surface area contributed by atoms with Crippen molar-refractivity contribution in [2.75, 3.05) is 0 Å². The number of hydrogen-bond acceptors (Lipinski definition) is 3. The summed E-state index contributed by atoms with van der Waals surface area (Å²) in [6, 6.07) is 17.7. The first-order valence-electron chi connectivity index (χ1n) is 7.86. The molecule has 26 heavy (non-hydrogen) atoms. The predicted molar refractivity (Wildman–Crippen MR) is 95.0 cm³/mol. The molecule has 3 aromatic carbocycles. The fourth-order valence-corrected chi connectivity index (χ4v) is 2.83. The van der Waals surface area contributed by atoms with E-state index in [0.29, 0.717) is 11.3 Å². The molecule has 0 radical (unpaired) electrons. The number of ether oxygens (including phenoxy) is 1. The van der Waals surface area contributed by atoms with Crippen LogP contribution >= 0.6 is 0 Å². The van der Waals surface area contributed by atoms with Crippen molar-refractivity contribution in [2.45, 2.75) is 0 Å². The number of nitrogens with zero attached hydrogens (tertiary/aromatic N) is 1. The first-order valence-corrected chi connectivity index (χ1v) is 7.86. The zero-order chi connectivity index (χ0) is 18.1. The van der Waals surface area contributed by atoms with Crippen molar-refractivity contribution in [1.29, 1.82) is 0 Å². The third-order valence-electron chi connectivity index (χ3n) is 4.08. The Morgan fingerprint density at radius 1 is 1.04 bits per heavy atom. The maximum absolute atomic E-state index is 13.7. The van der Waals surface area contributed by atoms with E-state index < -0.39 is 11.9 Å². The molecule has 0 amide bonds. The largest absolute Gasteiger partial charge is 0.478 e. The van der Waals surface area contributed by atoms with Gasteiger partial charge in [0.25, 0.3) is 0 Å². The first-order chi connectivity index (χ1) is 12.6. The van der Waals surface area contributed by atoms with Crippen LogP contribution in [0.1, 0.15) is 10.4 Å². The third kappa shape index (κ3) is 2.77. The van der Waals surface area contributed by atoms with Crippen LogP contribution in [0.15, 0.2) is 66.9 Å². The zero-order valence-electron chi connectivity index (χ0n) is 13.4. The number of carbonyl (C=O) groups is 1. The molecule has 0 fully saturated rings. The van der Waals surface area contributed by atoms with Gasteiger partial charge in [0.2, 0.25) is 5.95 Å². The van der Waals surface area contributed by atoms with Crippen LogP contribution in [0.4, 0.5) is 4.39 Å². The molecule has 0 unspecified atom stereocenters. The Labute approximate surface area is 147 Å². The smallest absolute Gasteiger partial charge is 0.339 e.